The second-order valence-corrected chi connectivity index (χ2v) is 5.15. The van der Waals surface area contributed by atoms with E-state index in [2.05, 4.69) is 17.4 Å². The average molecular weight is 231 g/mol. The molecule has 90 valence electrons. The molecule has 2 N–H and O–H groups in total. The van der Waals surface area contributed by atoms with Gasteiger partial charge in [0.15, 0.2) is 0 Å². The Morgan fingerprint density at radius 2 is 1.82 bits per heavy atom. The van der Waals surface area contributed by atoms with Gasteiger partial charge in [-0.05, 0) is 42.7 Å². The third-order valence-corrected chi connectivity index (χ3v) is 3.55. The van der Waals surface area contributed by atoms with Crippen LogP contribution in [0.25, 0.3) is 0 Å². The Balaban J connectivity index is 1.76. The Kier molecular flexibility index (Phi) is 2.63. The molecule has 0 bridgehead atoms. The van der Waals surface area contributed by atoms with Crippen LogP contribution in [-0.2, 0) is 4.79 Å². The van der Waals surface area contributed by atoms with E-state index in [0.29, 0.717) is 6.04 Å². The fraction of sp³-hybridized carbons (Fsp3) is 0.500. The third kappa shape index (κ3) is 2.50. The van der Waals surface area contributed by atoms with Gasteiger partial charge in [-0.15, -0.1) is 0 Å². The van der Waals surface area contributed by atoms with Crippen molar-refractivity contribution in [2.24, 2.45) is 0 Å². The van der Waals surface area contributed by atoms with E-state index in [9.17, 15) is 9.90 Å². The van der Waals surface area contributed by atoms with Crippen LogP contribution in [0.3, 0.4) is 0 Å². The lowest BCUT2D eigenvalue weighted by Gasteiger charge is -2.14. The number of carbonyl (C=O) groups is 1. The van der Waals surface area contributed by atoms with Gasteiger partial charge in [0.2, 0.25) is 0 Å². The number of rotatable bonds is 5. The minimum atomic E-state index is -0.781. The summed E-state index contributed by atoms with van der Waals surface area (Å²) in [6, 6.07) is 7.94. The van der Waals surface area contributed by atoms with Crippen LogP contribution >= 0.6 is 0 Å². The van der Waals surface area contributed by atoms with E-state index in [0.717, 1.165) is 24.3 Å². The number of carboxylic acids is 1. The van der Waals surface area contributed by atoms with Gasteiger partial charge in [-0.1, -0.05) is 24.3 Å². The van der Waals surface area contributed by atoms with E-state index >= 15 is 0 Å². The normalized spacial score (nSPS) is 21.2. The van der Waals surface area contributed by atoms with Crippen molar-refractivity contribution in [1.29, 1.82) is 0 Å². The fourth-order valence-corrected chi connectivity index (χ4v) is 2.17. The molecule has 0 amide bonds. The van der Waals surface area contributed by atoms with E-state index in [1.54, 1.807) is 0 Å². The highest BCUT2D eigenvalue weighted by molar-refractivity contribution is 5.75. The predicted molar refractivity (Wildman–Crippen MR) is 65.0 cm³/mol. The fourth-order valence-electron chi connectivity index (χ4n) is 2.17. The molecule has 2 aliphatic carbocycles. The highest BCUT2D eigenvalue weighted by Gasteiger charge is 2.29. The quantitative estimate of drug-likeness (QED) is 0.818. The number of hydrogen-bond donors (Lipinski definition) is 2. The van der Waals surface area contributed by atoms with Crippen LogP contribution in [0.5, 0.6) is 0 Å². The van der Waals surface area contributed by atoms with Gasteiger partial charge < -0.3 is 5.11 Å². The molecule has 0 aliphatic heterocycles. The van der Waals surface area contributed by atoms with E-state index in [-0.39, 0.29) is 0 Å². The highest BCUT2D eigenvalue weighted by atomic mass is 16.4. The SMILES string of the molecule is O=C(O)C(NC1CC1)c1ccc(C2CC2)cc1. The summed E-state index contributed by atoms with van der Waals surface area (Å²) in [7, 11) is 0. The van der Waals surface area contributed by atoms with E-state index in [1.807, 2.05) is 12.1 Å². The number of hydrogen-bond acceptors (Lipinski definition) is 2. The Labute approximate surface area is 101 Å². The van der Waals surface area contributed by atoms with Crippen LogP contribution < -0.4 is 5.32 Å². The van der Waals surface area contributed by atoms with Crippen molar-refractivity contribution in [2.75, 3.05) is 0 Å². The number of aliphatic carboxylic acids is 1. The van der Waals surface area contributed by atoms with Gasteiger partial charge in [0, 0.05) is 6.04 Å². The van der Waals surface area contributed by atoms with Crippen molar-refractivity contribution in [3.05, 3.63) is 35.4 Å². The lowest BCUT2D eigenvalue weighted by molar-refractivity contribution is -0.139. The minimum absolute atomic E-state index is 0.402. The van der Waals surface area contributed by atoms with Crippen LogP contribution in [0.4, 0.5) is 0 Å². The lowest BCUT2D eigenvalue weighted by atomic mass is 10.0. The topological polar surface area (TPSA) is 49.3 Å². The number of benzene rings is 1. The summed E-state index contributed by atoms with van der Waals surface area (Å²) in [4.78, 5) is 11.2. The molecule has 3 rings (SSSR count). The molecule has 1 atom stereocenters. The summed E-state index contributed by atoms with van der Waals surface area (Å²) in [5.74, 6) is -0.0557. The molecule has 2 aliphatic rings. The van der Waals surface area contributed by atoms with Gasteiger partial charge >= 0.3 is 5.97 Å². The van der Waals surface area contributed by atoms with Gasteiger partial charge in [0.1, 0.15) is 6.04 Å². The summed E-state index contributed by atoms with van der Waals surface area (Å²) in [5, 5.41) is 12.4. The molecule has 1 aromatic carbocycles. The molecule has 2 fully saturated rings. The van der Waals surface area contributed by atoms with Gasteiger partial charge in [-0.3, -0.25) is 10.1 Å². The van der Waals surface area contributed by atoms with Crippen LogP contribution in [0.2, 0.25) is 0 Å². The molecule has 1 aromatic rings. The minimum Gasteiger partial charge on any atom is -0.480 e. The molecule has 0 saturated heterocycles. The Morgan fingerprint density at radius 1 is 1.18 bits per heavy atom. The first kappa shape index (κ1) is 10.8. The molecule has 0 aromatic heterocycles. The van der Waals surface area contributed by atoms with Crippen molar-refractivity contribution in [3.8, 4) is 0 Å². The highest BCUT2D eigenvalue weighted by Crippen LogP contribution is 2.40. The number of carboxylic acid groups (broad SMARTS) is 1. The van der Waals surface area contributed by atoms with Gasteiger partial charge in [0.25, 0.3) is 0 Å². The van der Waals surface area contributed by atoms with Crippen molar-refractivity contribution in [2.45, 2.75) is 43.7 Å². The Bertz CT molecular complexity index is 418. The molecular formula is C14H17NO2. The first-order valence-corrected chi connectivity index (χ1v) is 6.33. The maximum atomic E-state index is 11.2. The lowest BCUT2D eigenvalue weighted by Crippen LogP contribution is -2.30. The molecule has 17 heavy (non-hydrogen) atoms. The molecule has 3 nitrogen and oxygen atoms in total. The van der Waals surface area contributed by atoms with Crippen LogP contribution in [0, 0.1) is 0 Å². The first-order valence-electron chi connectivity index (χ1n) is 6.33. The zero-order valence-electron chi connectivity index (χ0n) is 9.73. The van der Waals surface area contributed by atoms with Crippen LogP contribution in [0.15, 0.2) is 24.3 Å². The van der Waals surface area contributed by atoms with Crippen LogP contribution in [0.1, 0.15) is 48.8 Å². The van der Waals surface area contributed by atoms with Crippen molar-refractivity contribution < 1.29 is 9.90 Å². The first-order chi connectivity index (χ1) is 8.24. The van der Waals surface area contributed by atoms with E-state index in [1.165, 1.54) is 18.4 Å². The summed E-state index contributed by atoms with van der Waals surface area (Å²) in [6.07, 6.45) is 4.76. The number of nitrogens with one attached hydrogen (secondary N) is 1. The summed E-state index contributed by atoms with van der Waals surface area (Å²) >= 11 is 0. The smallest absolute Gasteiger partial charge is 0.325 e. The molecular weight excluding hydrogens is 214 g/mol. The van der Waals surface area contributed by atoms with Crippen molar-refractivity contribution in [3.63, 3.8) is 0 Å². The summed E-state index contributed by atoms with van der Waals surface area (Å²) in [6.45, 7) is 0. The van der Waals surface area contributed by atoms with Crippen molar-refractivity contribution in [1.82, 2.24) is 5.32 Å². The molecule has 0 radical (unpaired) electrons. The average Bonchev–Trinajstić information content (AvgIpc) is 3.17. The monoisotopic (exact) mass is 231 g/mol. The molecule has 0 spiro atoms. The predicted octanol–water partition coefficient (Wildman–Crippen LogP) is 2.44. The second-order valence-electron chi connectivity index (χ2n) is 5.15. The molecule has 2 saturated carbocycles. The Morgan fingerprint density at radius 3 is 2.29 bits per heavy atom. The third-order valence-electron chi connectivity index (χ3n) is 3.55. The summed E-state index contributed by atoms with van der Waals surface area (Å²) < 4.78 is 0. The van der Waals surface area contributed by atoms with Crippen molar-refractivity contribution >= 4 is 5.97 Å². The molecule has 1 unspecified atom stereocenters. The van der Waals surface area contributed by atoms with E-state index in [4.69, 9.17) is 0 Å². The van der Waals surface area contributed by atoms with E-state index < -0.39 is 12.0 Å². The maximum absolute atomic E-state index is 11.2. The van der Waals surface area contributed by atoms with Gasteiger partial charge in [-0.2, -0.15) is 0 Å². The zero-order chi connectivity index (χ0) is 11.8. The Hall–Kier alpha value is -1.35. The van der Waals surface area contributed by atoms with Gasteiger partial charge in [0.05, 0.1) is 0 Å². The van der Waals surface area contributed by atoms with Crippen LogP contribution in [-0.4, -0.2) is 17.1 Å². The molecule has 3 heteroatoms. The second kappa shape index (κ2) is 4.15. The molecule has 0 heterocycles. The standard InChI is InChI=1S/C14H17NO2/c16-14(17)13(15-12-7-8-12)11-5-3-10(4-6-11)9-1-2-9/h3-6,9,12-13,15H,1-2,7-8H2,(H,16,17). The summed E-state index contributed by atoms with van der Waals surface area (Å²) in [5.41, 5.74) is 2.22. The maximum Gasteiger partial charge on any atom is 0.325 e. The largest absolute Gasteiger partial charge is 0.480 e. The zero-order valence-corrected chi connectivity index (χ0v) is 9.73. The van der Waals surface area contributed by atoms with Gasteiger partial charge in [-0.25, -0.2) is 0 Å².